The summed E-state index contributed by atoms with van der Waals surface area (Å²) < 4.78 is 5.18. The lowest BCUT2D eigenvalue weighted by atomic mass is 10.1. The van der Waals surface area contributed by atoms with Crippen molar-refractivity contribution in [2.45, 2.75) is 20.0 Å². The van der Waals surface area contributed by atoms with E-state index in [1.165, 1.54) is 6.07 Å². The van der Waals surface area contributed by atoms with Gasteiger partial charge in [-0.2, -0.15) is 0 Å². The topological polar surface area (TPSA) is 98.1 Å². The molecule has 7 nitrogen and oxygen atoms in total. The van der Waals surface area contributed by atoms with Gasteiger partial charge in [0.2, 0.25) is 0 Å². The van der Waals surface area contributed by atoms with E-state index in [0.717, 1.165) is 0 Å². The van der Waals surface area contributed by atoms with Gasteiger partial charge in [-0.1, -0.05) is 18.2 Å². The van der Waals surface area contributed by atoms with Gasteiger partial charge in [-0.15, -0.1) is 0 Å². The summed E-state index contributed by atoms with van der Waals surface area (Å²) in [6.45, 7) is 3.56. The zero-order valence-corrected chi connectivity index (χ0v) is 13.1. The van der Waals surface area contributed by atoms with Crippen molar-refractivity contribution in [3.8, 4) is 11.4 Å². The quantitative estimate of drug-likeness (QED) is 0.448. The maximum Gasteiger partial charge on any atom is 0.338 e. The fraction of sp³-hybridized carbons (Fsp3) is 0.176. The van der Waals surface area contributed by atoms with Crippen LogP contribution in [0.1, 0.15) is 24.2 Å². The Morgan fingerprint density at radius 3 is 2.71 bits per heavy atom. The average molecular weight is 325 g/mol. The first kappa shape index (κ1) is 15.7. The van der Waals surface area contributed by atoms with Crippen LogP contribution in [0.3, 0.4) is 0 Å². The molecule has 0 bridgehead atoms. The number of imidazole rings is 1. The molecule has 1 N–H and O–H groups in total. The van der Waals surface area contributed by atoms with E-state index >= 15 is 0 Å². The van der Waals surface area contributed by atoms with Crippen molar-refractivity contribution in [1.82, 2.24) is 9.97 Å². The number of ether oxygens (including phenoxy) is 1. The van der Waals surface area contributed by atoms with Crippen molar-refractivity contribution in [1.29, 1.82) is 0 Å². The summed E-state index contributed by atoms with van der Waals surface area (Å²) in [7, 11) is 0. The van der Waals surface area contributed by atoms with Gasteiger partial charge >= 0.3 is 5.97 Å². The summed E-state index contributed by atoms with van der Waals surface area (Å²) in [5.74, 6) is 0.0347. The van der Waals surface area contributed by atoms with Crippen molar-refractivity contribution >= 4 is 22.7 Å². The Kier molecular flexibility index (Phi) is 3.99. The van der Waals surface area contributed by atoms with Crippen LogP contribution in [-0.2, 0) is 4.74 Å². The highest BCUT2D eigenvalue weighted by Crippen LogP contribution is 2.27. The van der Waals surface area contributed by atoms with Crippen LogP contribution >= 0.6 is 0 Å². The molecule has 0 radical (unpaired) electrons. The molecule has 3 aromatic rings. The minimum Gasteiger partial charge on any atom is -0.459 e. The molecule has 0 saturated heterocycles. The van der Waals surface area contributed by atoms with Crippen molar-refractivity contribution < 1.29 is 14.5 Å². The van der Waals surface area contributed by atoms with E-state index in [-0.39, 0.29) is 17.3 Å². The third kappa shape index (κ3) is 2.96. The Balaban J connectivity index is 2.03. The molecule has 0 aliphatic carbocycles. The first-order valence-electron chi connectivity index (χ1n) is 7.40. The number of hydrogen-bond donors (Lipinski definition) is 1. The number of nitro groups is 1. The summed E-state index contributed by atoms with van der Waals surface area (Å²) >= 11 is 0. The molecule has 0 aliphatic heterocycles. The second-order valence-electron chi connectivity index (χ2n) is 5.55. The third-order valence-corrected chi connectivity index (χ3v) is 3.40. The van der Waals surface area contributed by atoms with E-state index in [2.05, 4.69) is 9.97 Å². The number of nitrogens with one attached hydrogen (secondary N) is 1. The molecule has 3 rings (SSSR count). The highest BCUT2D eigenvalue weighted by Gasteiger charge is 2.17. The molecule has 0 atom stereocenters. The Bertz CT molecular complexity index is 930. The second kappa shape index (κ2) is 6.11. The molecule has 0 amide bonds. The molecular weight excluding hydrogens is 310 g/mol. The van der Waals surface area contributed by atoms with Crippen LogP contribution in [0.2, 0.25) is 0 Å². The molecule has 2 aromatic carbocycles. The first-order chi connectivity index (χ1) is 11.5. The van der Waals surface area contributed by atoms with Gasteiger partial charge in [-0.3, -0.25) is 10.1 Å². The van der Waals surface area contributed by atoms with Crippen molar-refractivity contribution in [3.63, 3.8) is 0 Å². The summed E-state index contributed by atoms with van der Waals surface area (Å²) in [5, 5.41) is 11.1. The molecular formula is C17H15N3O4. The van der Waals surface area contributed by atoms with E-state index in [0.29, 0.717) is 22.5 Å². The third-order valence-electron chi connectivity index (χ3n) is 3.40. The van der Waals surface area contributed by atoms with E-state index < -0.39 is 10.9 Å². The lowest BCUT2D eigenvalue weighted by molar-refractivity contribution is -0.383. The predicted octanol–water partition coefficient (Wildman–Crippen LogP) is 3.70. The van der Waals surface area contributed by atoms with Crippen LogP contribution in [-0.4, -0.2) is 27.0 Å². The zero-order valence-electron chi connectivity index (χ0n) is 13.1. The van der Waals surface area contributed by atoms with Gasteiger partial charge in [0.15, 0.2) is 5.52 Å². The van der Waals surface area contributed by atoms with E-state index in [1.54, 1.807) is 50.2 Å². The number of fused-ring (bicyclic) bond motifs is 1. The van der Waals surface area contributed by atoms with Crippen LogP contribution in [0.15, 0.2) is 42.5 Å². The number of esters is 1. The fourth-order valence-corrected chi connectivity index (χ4v) is 2.38. The summed E-state index contributed by atoms with van der Waals surface area (Å²) in [4.78, 5) is 30.0. The standard InChI is InChI=1S/C17H15N3O4/c1-10(2)24-17(21)12-6-3-5-11(9-12)16-18-13-7-4-8-14(20(22)23)15(13)19-16/h3-10H,1-2H3,(H,18,19). The number of carbonyl (C=O) groups is 1. The number of aromatic nitrogens is 2. The molecule has 7 heteroatoms. The Labute approximate surface area is 137 Å². The molecule has 0 saturated carbocycles. The number of aromatic amines is 1. The lowest BCUT2D eigenvalue weighted by Crippen LogP contribution is -2.11. The molecule has 0 fully saturated rings. The molecule has 0 unspecified atom stereocenters. The van der Waals surface area contributed by atoms with Crippen molar-refractivity contribution in [2.75, 3.05) is 0 Å². The number of H-pyrrole nitrogens is 1. The van der Waals surface area contributed by atoms with Gasteiger partial charge < -0.3 is 9.72 Å². The number of rotatable bonds is 4. The molecule has 24 heavy (non-hydrogen) atoms. The number of non-ortho nitro benzene ring substituents is 1. The molecule has 0 spiro atoms. The Morgan fingerprint density at radius 2 is 2.00 bits per heavy atom. The molecule has 1 aromatic heterocycles. The minimum absolute atomic E-state index is 0.0645. The SMILES string of the molecule is CC(C)OC(=O)c1cccc(-c2nc3c([N+](=O)[O-])cccc3[nH]2)c1. The summed E-state index contributed by atoms with van der Waals surface area (Å²) in [5.41, 5.74) is 1.84. The number of carbonyl (C=O) groups excluding carboxylic acids is 1. The van der Waals surface area contributed by atoms with Gasteiger partial charge in [0.1, 0.15) is 5.82 Å². The van der Waals surface area contributed by atoms with Crippen LogP contribution < -0.4 is 0 Å². The van der Waals surface area contributed by atoms with Crippen LogP contribution in [0.4, 0.5) is 5.69 Å². The molecule has 0 aliphatic rings. The van der Waals surface area contributed by atoms with Gasteiger partial charge in [-0.25, -0.2) is 9.78 Å². The van der Waals surface area contributed by atoms with Gasteiger partial charge in [0.05, 0.1) is 22.1 Å². The normalized spacial score (nSPS) is 11.0. The summed E-state index contributed by atoms with van der Waals surface area (Å²) in [6.07, 6.45) is -0.213. The van der Waals surface area contributed by atoms with Gasteiger partial charge in [-0.05, 0) is 32.0 Å². The van der Waals surface area contributed by atoms with Crippen molar-refractivity contribution in [3.05, 3.63) is 58.1 Å². The molecule has 122 valence electrons. The Hall–Kier alpha value is -3.22. The van der Waals surface area contributed by atoms with E-state index in [4.69, 9.17) is 4.74 Å². The maximum absolute atomic E-state index is 12.0. The van der Waals surface area contributed by atoms with E-state index in [1.807, 2.05) is 0 Å². The first-order valence-corrected chi connectivity index (χ1v) is 7.40. The zero-order chi connectivity index (χ0) is 17.3. The van der Waals surface area contributed by atoms with Crippen LogP contribution in [0, 0.1) is 10.1 Å². The number of nitrogens with zero attached hydrogens (tertiary/aromatic N) is 2. The highest BCUT2D eigenvalue weighted by atomic mass is 16.6. The predicted molar refractivity (Wildman–Crippen MR) is 88.7 cm³/mol. The maximum atomic E-state index is 12.0. The smallest absolute Gasteiger partial charge is 0.338 e. The molecule has 1 heterocycles. The second-order valence-corrected chi connectivity index (χ2v) is 5.55. The average Bonchev–Trinajstić information content (AvgIpc) is 2.98. The largest absolute Gasteiger partial charge is 0.459 e. The number of nitro benzene ring substituents is 1. The van der Waals surface area contributed by atoms with Gasteiger partial charge in [0.25, 0.3) is 5.69 Å². The number of benzene rings is 2. The lowest BCUT2D eigenvalue weighted by Gasteiger charge is -2.08. The van der Waals surface area contributed by atoms with Crippen molar-refractivity contribution in [2.24, 2.45) is 0 Å². The number of hydrogen-bond acceptors (Lipinski definition) is 5. The monoisotopic (exact) mass is 325 g/mol. The van der Waals surface area contributed by atoms with E-state index in [9.17, 15) is 14.9 Å². The highest BCUT2D eigenvalue weighted by molar-refractivity contribution is 5.92. The Morgan fingerprint density at radius 1 is 1.25 bits per heavy atom. The van der Waals surface area contributed by atoms with Crippen LogP contribution in [0.25, 0.3) is 22.4 Å². The minimum atomic E-state index is -0.469. The van der Waals surface area contributed by atoms with Gasteiger partial charge in [0, 0.05) is 11.6 Å². The fourth-order valence-electron chi connectivity index (χ4n) is 2.38. The summed E-state index contributed by atoms with van der Waals surface area (Å²) in [6, 6.07) is 11.5. The number of para-hydroxylation sites is 1. The van der Waals surface area contributed by atoms with Crippen LogP contribution in [0.5, 0.6) is 0 Å².